The molecule has 2 aromatic rings. The lowest BCUT2D eigenvalue weighted by Gasteiger charge is -2.10. The number of nitrogens with zero attached hydrogens (tertiary/aromatic N) is 1. The molecule has 1 unspecified atom stereocenters. The molecule has 20 heavy (non-hydrogen) atoms. The van der Waals surface area contributed by atoms with Crippen molar-refractivity contribution in [2.75, 3.05) is 13.2 Å². The van der Waals surface area contributed by atoms with Crippen LogP contribution in [0.3, 0.4) is 0 Å². The second-order valence-corrected chi connectivity index (χ2v) is 6.13. The van der Waals surface area contributed by atoms with Gasteiger partial charge in [-0.2, -0.15) is 0 Å². The predicted molar refractivity (Wildman–Crippen MR) is 79.9 cm³/mol. The first-order valence-corrected chi connectivity index (χ1v) is 7.85. The highest BCUT2D eigenvalue weighted by Crippen LogP contribution is 2.22. The summed E-state index contributed by atoms with van der Waals surface area (Å²) >= 11 is 1.67. The summed E-state index contributed by atoms with van der Waals surface area (Å²) < 4.78 is 6.66. The number of aryl methyl sites for hydroxylation is 1. The zero-order valence-electron chi connectivity index (χ0n) is 11.3. The minimum absolute atomic E-state index is 0.0831. The van der Waals surface area contributed by atoms with Crippen molar-refractivity contribution in [1.82, 2.24) is 10.3 Å². The van der Waals surface area contributed by atoms with Crippen LogP contribution >= 0.6 is 11.3 Å². The molecule has 5 heteroatoms. The lowest BCUT2D eigenvalue weighted by atomic mass is 10.2. The molecule has 1 aliphatic heterocycles. The van der Waals surface area contributed by atoms with Crippen molar-refractivity contribution in [2.45, 2.75) is 31.8 Å². The molecule has 3 rings (SSSR count). The van der Waals surface area contributed by atoms with Crippen molar-refractivity contribution >= 4 is 27.5 Å². The SMILES string of the molecule is O=C(CCc1nc2ccccc2s1)NCC1CCCO1. The topological polar surface area (TPSA) is 51.2 Å². The van der Waals surface area contributed by atoms with E-state index in [1.165, 1.54) is 4.70 Å². The maximum Gasteiger partial charge on any atom is 0.220 e. The summed E-state index contributed by atoms with van der Waals surface area (Å²) in [6, 6.07) is 8.07. The van der Waals surface area contributed by atoms with Crippen LogP contribution in [0, 0.1) is 0 Å². The van der Waals surface area contributed by atoms with Gasteiger partial charge in [-0.15, -0.1) is 11.3 Å². The maximum atomic E-state index is 11.8. The fourth-order valence-corrected chi connectivity index (χ4v) is 3.34. The van der Waals surface area contributed by atoms with E-state index in [9.17, 15) is 4.79 Å². The van der Waals surface area contributed by atoms with Gasteiger partial charge in [-0.1, -0.05) is 12.1 Å². The molecule has 1 aromatic heterocycles. The Morgan fingerprint density at radius 2 is 2.35 bits per heavy atom. The van der Waals surface area contributed by atoms with Gasteiger partial charge in [-0.25, -0.2) is 4.98 Å². The summed E-state index contributed by atoms with van der Waals surface area (Å²) in [5, 5.41) is 3.97. The average molecular weight is 290 g/mol. The zero-order valence-corrected chi connectivity index (χ0v) is 12.1. The molecule has 0 spiro atoms. The molecular formula is C15H18N2O2S. The van der Waals surface area contributed by atoms with Crippen LogP contribution in [-0.4, -0.2) is 30.1 Å². The Hall–Kier alpha value is -1.46. The number of benzene rings is 1. The first-order valence-electron chi connectivity index (χ1n) is 7.04. The van der Waals surface area contributed by atoms with Crippen molar-refractivity contribution in [1.29, 1.82) is 0 Å². The highest BCUT2D eigenvalue weighted by Gasteiger charge is 2.16. The Kier molecular flexibility index (Phi) is 4.28. The van der Waals surface area contributed by atoms with Gasteiger partial charge < -0.3 is 10.1 Å². The second-order valence-electron chi connectivity index (χ2n) is 5.01. The minimum Gasteiger partial charge on any atom is -0.376 e. The molecular weight excluding hydrogens is 272 g/mol. The average Bonchev–Trinajstić information content (AvgIpc) is 3.11. The zero-order chi connectivity index (χ0) is 13.8. The minimum atomic E-state index is 0.0831. The van der Waals surface area contributed by atoms with Gasteiger partial charge in [0.05, 0.1) is 21.3 Å². The standard InChI is InChI=1S/C15H18N2O2S/c18-14(16-10-11-4-3-9-19-11)7-8-15-17-12-5-1-2-6-13(12)20-15/h1-2,5-6,11H,3-4,7-10H2,(H,16,18). The van der Waals surface area contributed by atoms with Crippen LogP contribution in [0.5, 0.6) is 0 Å². The van der Waals surface area contributed by atoms with E-state index < -0.39 is 0 Å². The van der Waals surface area contributed by atoms with E-state index in [0.717, 1.165) is 30.0 Å². The fraction of sp³-hybridized carbons (Fsp3) is 0.467. The van der Waals surface area contributed by atoms with Gasteiger partial charge in [0.1, 0.15) is 0 Å². The summed E-state index contributed by atoms with van der Waals surface area (Å²) in [5.41, 5.74) is 1.02. The van der Waals surface area contributed by atoms with Gasteiger partial charge in [0, 0.05) is 26.0 Å². The summed E-state index contributed by atoms with van der Waals surface area (Å²) in [5.74, 6) is 0.0831. The van der Waals surface area contributed by atoms with Crippen LogP contribution in [0.2, 0.25) is 0 Å². The van der Waals surface area contributed by atoms with Gasteiger partial charge in [0.2, 0.25) is 5.91 Å². The fourth-order valence-electron chi connectivity index (χ4n) is 2.37. The number of nitrogens with one attached hydrogen (secondary N) is 1. The van der Waals surface area contributed by atoms with Crippen molar-refractivity contribution in [2.24, 2.45) is 0 Å². The van der Waals surface area contributed by atoms with Crippen LogP contribution in [0.15, 0.2) is 24.3 Å². The summed E-state index contributed by atoms with van der Waals surface area (Å²) in [6.07, 6.45) is 3.56. The predicted octanol–water partition coefficient (Wildman–Crippen LogP) is 2.52. The lowest BCUT2D eigenvalue weighted by Crippen LogP contribution is -2.31. The maximum absolute atomic E-state index is 11.8. The molecule has 0 bridgehead atoms. The third kappa shape index (κ3) is 3.35. The van der Waals surface area contributed by atoms with E-state index >= 15 is 0 Å². The number of fused-ring (bicyclic) bond motifs is 1. The first-order chi connectivity index (χ1) is 9.81. The van der Waals surface area contributed by atoms with Gasteiger partial charge in [0.15, 0.2) is 0 Å². The molecule has 4 nitrogen and oxygen atoms in total. The molecule has 1 N–H and O–H groups in total. The van der Waals surface area contributed by atoms with Gasteiger partial charge in [-0.05, 0) is 25.0 Å². The summed E-state index contributed by atoms with van der Waals surface area (Å²) in [7, 11) is 0. The number of para-hydroxylation sites is 1. The van der Waals surface area contributed by atoms with Crippen LogP contribution in [0.4, 0.5) is 0 Å². The van der Waals surface area contributed by atoms with Crippen LogP contribution < -0.4 is 5.32 Å². The highest BCUT2D eigenvalue weighted by atomic mass is 32.1. The first kappa shape index (κ1) is 13.5. The summed E-state index contributed by atoms with van der Waals surface area (Å²) in [6.45, 7) is 1.46. The lowest BCUT2D eigenvalue weighted by molar-refractivity contribution is -0.121. The number of aromatic nitrogens is 1. The van der Waals surface area contributed by atoms with Gasteiger partial charge in [-0.3, -0.25) is 4.79 Å². The molecule has 0 aliphatic carbocycles. The molecule has 0 saturated carbocycles. The van der Waals surface area contributed by atoms with Crippen LogP contribution in [-0.2, 0) is 16.0 Å². The van der Waals surface area contributed by atoms with Crippen molar-refractivity contribution in [3.8, 4) is 0 Å². The molecule has 1 amide bonds. The number of rotatable bonds is 5. The monoisotopic (exact) mass is 290 g/mol. The third-order valence-electron chi connectivity index (χ3n) is 3.45. The van der Waals surface area contributed by atoms with E-state index in [4.69, 9.17) is 4.74 Å². The Morgan fingerprint density at radius 3 is 3.15 bits per heavy atom. The second kappa shape index (κ2) is 6.33. The number of hydrogen-bond donors (Lipinski definition) is 1. The normalized spacial score (nSPS) is 18.5. The Morgan fingerprint density at radius 1 is 1.45 bits per heavy atom. The number of carbonyl (C=O) groups is 1. The number of ether oxygens (including phenoxy) is 1. The largest absolute Gasteiger partial charge is 0.376 e. The molecule has 1 aromatic carbocycles. The van der Waals surface area contributed by atoms with Gasteiger partial charge in [0.25, 0.3) is 0 Å². The van der Waals surface area contributed by atoms with Crippen molar-refractivity contribution < 1.29 is 9.53 Å². The van der Waals surface area contributed by atoms with Crippen molar-refractivity contribution in [3.63, 3.8) is 0 Å². The molecule has 1 fully saturated rings. The number of carbonyl (C=O) groups excluding carboxylic acids is 1. The summed E-state index contributed by atoms with van der Waals surface area (Å²) in [4.78, 5) is 16.3. The van der Waals surface area contributed by atoms with Gasteiger partial charge >= 0.3 is 0 Å². The molecule has 1 saturated heterocycles. The van der Waals surface area contributed by atoms with E-state index in [2.05, 4.69) is 16.4 Å². The highest BCUT2D eigenvalue weighted by molar-refractivity contribution is 7.18. The van der Waals surface area contributed by atoms with E-state index in [1.807, 2.05) is 18.2 Å². The Bertz CT molecular complexity index is 557. The Balaban J connectivity index is 1.47. The number of hydrogen-bond acceptors (Lipinski definition) is 4. The van der Waals surface area contributed by atoms with E-state index in [0.29, 0.717) is 19.4 Å². The number of thiazole rings is 1. The molecule has 0 radical (unpaired) electrons. The molecule has 1 atom stereocenters. The van der Waals surface area contributed by atoms with Crippen LogP contribution in [0.25, 0.3) is 10.2 Å². The Labute approximate surface area is 122 Å². The van der Waals surface area contributed by atoms with Crippen LogP contribution in [0.1, 0.15) is 24.3 Å². The molecule has 106 valence electrons. The quantitative estimate of drug-likeness (QED) is 0.920. The van der Waals surface area contributed by atoms with E-state index in [1.54, 1.807) is 11.3 Å². The molecule has 2 heterocycles. The third-order valence-corrected chi connectivity index (χ3v) is 4.55. The number of amides is 1. The molecule has 1 aliphatic rings. The smallest absolute Gasteiger partial charge is 0.220 e. The van der Waals surface area contributed by atoms with E-state index in [-0.39, 0.29) is 12.0 Å². The van der Waals surface area contributed by atoms with Crippen molar-refractivity contribution in [3.05, 3.63) is 29.3 Å².